The number of hydrogen-bond donors (Lipinski definition) is 2. The number of carbonyl (C=O) groups is 1. The molecule has 1 amide bonds. The molecule has 1 aromatic carbocycles. The van der Waals surface area contributed by atoms with Crippen LogP contribution in [-0.4, -0.2) is 26.2 Å². The van der Waals surface area contributed by atoms with E-state index in [0.29, 0.717) is 16.7 Å². The summed E-state index contributed by atoms with van der Waals surface area (Å²) in [7, 11) is 0. The van der Waals surface area contributed by atoms with E-state index in [2.05, 4.69) is 36.1 Å². The summed E-state index contributed by atoms with van der Waals surface area (Å²) in [6.45, 7) is 0. The molecule has 3 rings (SSSR count). The first-order valence-corrected chi connectivity index (χ1v) is 7.63. The zero-order valence-corrected chi connectivity index (χ0v) is 13.6. The van der Waals surface area contributed by atoms with E-state index in [9.17, 15) is 18.0 Å². The molecule has 0 spiro atoms. The van der Waals surface area contributed by atoms with Crippen LogP contribution in [0.4, 0.5) is 13.2 Å². The van der Waals surface area contributed by atoms with Gasteiger partial charge in [0, 0.05) is 18.2 Å². The normalized spacial score (nSPS) is 12.4. The van der Waals surface area contributed by atoms with Crippen LogP contribution < -0.4 is 5.32 Å². The topological polar surface area (TPSA) is 96.7 Å². The Balaban J connectivity index is 1.78. The summed E-state index contributed by atoms with van der Waals surface area (Å²) in [5, 5.41) is 12.4. The molecule has 0 fully saturated rings. The molecule has 0 aliphatic rings. The number of H-pyrrole nitrogens is 1. The van der Waals surface area contributed by atoms with E-state index in [1.807, 2.05) is 0 Å². The smallest absolute Gasteiger partial charge is 0.344 e. The summed E-state index contributed by atoms with van der Waals surface area (Å²) < 4.78 is 41.9. The quantitative estimate of drug-likeness (QED) is 0.669. The molecule has 2 N–H and O–H groups in total. The molecule has 0 aliphatic heterocycles. The summed E-state index contributed by atoms with van der Waals surface area (Å²) in [5.41, 5.74) is 1.35. The molecule has 2 heterocycles. The van der Waals surface area contributed by atoms with Crippen LogP contribution >= 0.6 is 0 Å². The van der Waals surface area contributed by atoms with Gasteiger partial charge in [0.2, 0.25) is 5.82 Å². The van der Waals surface area contributed by atoms with Crippen LogP contribution in [0.15, 0.2) is 41.2 Å². The molecular weight excluding hydrogens is 363 g/mol. The van der Waals surface area contributed by atoms with Crippen LogP contribution in [0.5, 0.6) is 0 Å². The van der Waals surface area contributed by atoms with E-state index < -0.39 is 18.1 Å². The lowest BCUT2D eigenvalue weighted by atomic mass is 10.0. The number of carbonyl (C=O) groups excluding carboxylic acids is 1. The minimum atomic E-state index is -4.71. The predicted molar refractivity (Wildman–Crippen MR) is 87.0 cm³/mol. The maximum Gasteiger partial charge on any atom is 0.471 e. The van der Waals surface area contributed by atoms with E-state index in [1.54, 1.807) is 12.1 Å². The Labute approximate surface area is 151 Å². The fraction of sp³-hybridized carbons (Fsp3) is 0.176. The Morgan fingerprint density at radius 3 is 2.63 bits per heavy atom. The van der Waals surface area contributed by atoms with E-state index in [1.165, 1.54) is 24.5 Å². The zero-order chi connectivity index (χ0) is 19.4. The minimum Gasteiger partial charge on any atom is -0.344 e. The van der Waals surface area contributed by atoms with Gasteiger partial charge in [0.15, 0.2) is 0 Å². The van der Waals surface area contributed by atoms with Crippen LogP contribution in [0.3, 0.4) is 0 Å². The van der Waals surface area contributed by atoms with Crippen molar-refractivity contribution in [2.75, 3.05) is 0 Å². The molecule has 1 unspecified atom stereocenters. The van der Waals surface area contributed by atoms with Crippen LogP contribution in [0.2, 0.25) is 0 Å². The van der Waals surface area contributed by atoms with Gasteiger partial charge in [-0.15, -0.1) is 12.3 Å². The van der Waals surface area contributed by atoms with Gasteiger partial charge in [-0.1, -0.05) is 29.4 Å². The SMILES string of the molecule is C#CCC(NC(=O)c1cn[nH]c1)c1ccc(-c2noc(C(F)(F)F)n2)cc1. The maximum atomic E-state index is 12.5. The lowest BCUT2D eigenvalue weighted by molar-refractivity contribution is -0.159. The van der Waals surface area contributed by atoms with Crippen molar-refractivity contribution in [3.63, 3.8) is 0 Å². The van der Waals surface area contributed by atoms with Crippen LogP contribution in [0.25, 0.3) is 11.4 Å². The van der Waals surface area contributed by atoms with E-state index in [-0.39, 0.29) is 18.2 Å². The summed E-state index contributed by atoms with van der Waals surface area (Å²) >= 11 is 0. The molecule has 7 nitrogen and oxygen atoms in total. The van der Waals surface area contributed by atoms with Gasteiger partial charge in [0.05, 0.1) is 17.8 Å². The van der Waals surface area contributed by atoms with Crippen molar-refractivity contribution in [3.8, 4) is 23.7 Å². The van der Waals surface area contributed by atoms with Crippen molar-refractivity contribution in [2.24, 2.45) is 0 Å². The Kier molecular flexibility index (Phi) is 4.94. The number of nitrogens with zero attached hydrogens (tertiary/aromatic N) is 3. The number of halogens is 3. The van der Waals surface area contributed by atoms with E-state index >= 15 is 0 Å². The summed E-state index contributed by atoms with van der Waals surface area (Å²) in [6.07, 6.45) is 3.70. The zero-order valence-electron chi connectivity index (χ0n) is 13.6. The van der Waals surface area contributed by atoms with Crippen LogP contribution in [0.1, 0.15) is 34.3 Å². The number of benzene rings is 1. The predicted octanol–water partition coefficient (Wildman–Crippen LogP) is 2.97. The van der Waals surface area contributed by atoms with Gasteiger partial charge in [-0.2, -0.15) is 23.3 Å². The lowest BCUT2D eigenvalue weighted by Gasteiger charge is -2.16. The highest BCUT2D eigenvalue weighted by molar-refractivity contribution is 5.93. The second-order valence-electron chi connectivity index (χ2n) is 5.46. The largest absolute Gasteiger partial charge is 0.471 e. The van der Waals surface area contributed by atoms with Crippen molar-refractivity contribution in [3.05, 3.63) is 53.7 Å². The summed E-state index contributed by atoms with van der Waals surface area (Å²) in [4.78, 5) is 15.5. The third-order valence-corrected chi connectivity index (χ3v) is 3.63. The Morgan fingerprint density at radius 2 is 2.07 bits per heavy atom. The molecular formula is C17H12F3N5O2. The standard InChI is InChI=1S/C17H12F3N5O2/c1-2-3-13(23-15(26)12-8-21-22-9-12)10-4-6-11(7-5-10)14-24-16(27-25-14)17(18,19)20/h1,4-9,13H,3H2,(H,21,22)(H,23,26). The van der Waals surface area contributed by atoms with Gasteiger partial charge in [-0.3, -0.25) is 9.89 Å². The molecule has 0 bridgehead atoms. The van der Waals surface area contributed by atoms with Crippen molar-refractivity contribution in [1.82, 2.24) is 25.7 Å². The monoisotopic (exact) mass is 375 g/mol. The molecule has 138 valence electrons. The van der Waals surface area contributed by atoms with Gasteiger partial charge in [0.1, 0.15) is 0 Å². The third kappa shape index (κ3) is 4.14. The van der Waals surface area contributed by atoms with Crippen LogP contribution in [0, 0.1) is 12.3 Å². The average molecular weight is 375 g/mol. The second-order valence-corrected chi connectivity index (χ2v) is 5.46. The van der Waals surface area contributed by atoms with E-state index in [4.69, 9.17) is 6.42 Å². The van der Waals surface area contributed by atoms with Crippen LogP contribution in [-0.2, 0) is 6.18 Å². The number of alkyl halides is 3. The highest BCUT2D eigenvalue weighted by atomic mass is 19.4. The molecule has 27 heavy (non-hydrogen) atoms. The number of rotatable bonds is 5. The molecule has 0 radical (unpaired) electrons. The number of amides is 1. The highest BCUT2D eigenvalue weighted by Gasteiger charge is 2.38. The van der Waals surface area contributed by atoms with Gasteiger partial charge in [-0.05, 0) is 5.56 Å². The molecule has 2 aromatic heterocycles. The number of nitrogens with one attached hydrogen (secondary N) is 2. The Morgan fingerprint density at radius 1 is 1.33 bits per heavy atom. The first-order chi connectivity index (χ1) is 12.9. The molecule has 10 heteroatoms. The number of aromatic nitrogens is 4. The van der Waals surface area contributed by atoms with Crippen molar-refractivity contribution >= 4 is 5.91 Å². The third-order valence-electron chi connectivity index (χ3n) is 3.63. The number of terminal acetylenes is 1. The first kappa shape index (κ1) is 18.2. The van der Waals surface area contributed by atoms with Crippen molar-refractivity contribution in [1.29, 1.82) is 0 Å². The maximum absolute atomic E-state index is 12.5. The fourth-order valence-corrected chi connectivity index (χ4v) is 2.31. The molecule has 0 saturated heterocycles. The first-order valence-electron chi connectivity index (χ1n) is 7.63. The van der Waals surface area contributed by atoms with Crippen molar-refractivity contribution < 1.29 is 22.5 Å². The number of hydrogen-bond acceptors (Lipinski definition) is 5. The molecule has 0 saturated carbocycles. The molecule has 1 atom stereocenters. The van der Waals surface area contributed by atoms with Gasteiger partial charge < -0.3 is 9.84 Å². The second kappa shape index (κ2) is 7.33. The van der Waals surface area contributed by atoms with Crippen molar-refractivity contribution in [2.45, 2.75) is 18.6 Å². The summed E-state index contributed by atoms with van der Waals surface area (Å²) in [5.74, 6) is 0.513. The Bertz CT molecular complexity index is 956. The lowest BCUT2D eigenvalue weighted by Crippen LogP contribution is -2.28. The Hall–Kier alpha value is -3.61. The van der Waals surface area contributed by atoms with Gasteiger partial charge in [-0.25, -0.2) is 0 Å². The minimum absolute atomic E-state index is 0.190. The van der Waals surface area contributed by atoms with Gasteiger partial charge >= 0.3 is 12.1 Å². The van der Waals surface area contributed by atoms with E-state index in [0.717, 1.165) is 0 Å². The highest BCUT2D eigenvalue weighted by Crippen LogP contribution is 2.29. The molecule has 3 aromatic rings. The number of aromatic amines is 1. The summed E-state index contributed by atoms with van der Waals surface area (Å²) in [6, 6.07) is 5.80. The van der Waals surface area contributed by atoms with Gasteiger partial charge in [0.25, 0.3) is 5.91 Å². The fourth-order valence-electron chi connectivity index (χ4n) is 2.31. The average Bonchev–Trinajstić information content (AvgIpc) is 3.33. The molecule has 0 aliphatic carbocycles.